The van der Waals surface area contributed by atoms with Crippen molar-refractivity contribution in [1.82, 2.24) is 20.1 Å². The van der Waals surface area contributed by atoms with Gasteiger partial charge >= 0.3 is 0 Å². The van der Waals surface area contributed by atoms with E-state index in [9.17, 15) is 4.79 Å². The minimum Gasteiger partial charge on any atom is -0.378 e. The van der Waals surface area contributed by atoms with Crippen LogP contribution in [-0.2, 0) is 23.1 Å². The van der Waals surface area contributed by atoms with E-state index < -0.39 is 0 Å². The van der Waals surface area contributed by atoms with Gasteiger partial charge in [0, 0.05) is 25.5 Å². The molecule has 2 heterocycles. The molecule has 0 radical (unpaired) electrons. The van der Waals surface area contributed by atoms with Crippen LogP contribution in [0, 0.1) is 5.92 Å². The Morgan fingerprint density at radius 1 is 1.48 bits per heavy atom. The zero-order valence-electron chi connectivity index (χ0n) is 13.4. The van der Waals surface area contributed by atoms with Gasteiger partial charge in [-0.25, -0.2) is 0 Å². The van der Waals surface area contributed by atoms with Gasteiger partial charge in [-0.2, -0.15) is 0 Å². The molecule has 2 rings (SSSR count). The number of rotatable bonds is 5. The maximum Gasteiger partial charge on any atom is 0.223 e. The number of amides is 1. The quantitative estimate of drug-likeness (QED) is 0.898. The number of carbonyl (C=O) groups excluding carboxylic acids is 1. The summed E-state index contributed by atoms with van der Waals surface area (Å²) in [6.07, 6.45) is 2.80. The van der Waals surface area contributed by atoms with E-state index in [1.807, 2.05) is 11.6 Å². The lowest BCUT2D eigenvalue weighted by Crippen LogP contribution is -2.37. The van der Waals surface area contributed by atoms with Crippen LogP contribution in [0.25, 0.3) is 0 Å². The zero-order valence-corrected chi connectivity index (χ0v) is 13.4. The molecular weight excluding hydrogens is 268 g/mol. The molecule has 1 fully saturated rings. The molecular formula is C15H26N4O2. The highest BCUT2D eigenvalue weighted by Crippen LogP contribution is 2.22. The summed E-state index contributed by atoms with van der Waals surface area (Å²) in [6.45, 7) is 7.37. The van der Waals surface area contributed by atoms with Crippen LogP contribution in [-0.4, -0.2) is 33.4 Å². The standard InChI is InChI=1S/C15H26N4O2/c1-5-12-8-11(6-7-21-12)15(20)16-9-13-17-18-14(10(2)3)19(13)4/h10-12H,5-9H2,1-4H3,(H,16,20)/t11-,12-/m1/s1. The highest BCUT2D eigenvalue weighted by Gasteiger charge is 2.27. The molecule has 0 saturated carbocycles. The summed E-state index contributed by atoms with van der Waals surface area (Å²) < 4.78 is 7.57. The van der Waals surface area contributed by atoms with Crippen LogP contribution in [0.5, 0.6) is 0 Å². The van der Waals surface area contributed by atoms with Gasteiger partial charge < -0.3 is 14.6 Å². The fraction of sp³-hybridized carbons (Fsp3) is 0.800. The van der Waals surface area contributed by atoms with E-state index in [4.69, 9.17) is 4.74 Å². The first-order valence-electron chi connectivity index (χ1n) is 7.80. The first-order valence-corrected chi connectivity index (χ1v) is 7.80. The van der Waals surface area contributed by atoms with Crippen LogP contribution in [0.2, 0.25) is 0 Å². The number of ether oxygens (including phenoxy) is 1. The molecule has 1 aliphatic rings. The first kappa shape index (κ1) is 15.9. The Hall–Kier alpha value is -1.43. The summed E-state index contributed by atoms with van der Waals surface area (Å²) >= 11 is 0. The van der Waals surface area contributed by atoms with E-state index >= 15 is 0 Å². The smallest absolute Gasteiger partial charge is 0.223 e. The molecule has 21 heavy (non-hydrogen) atoms. The Bertz CT molecular complexity index is 484. The molecule has 1 aromatic rings. The molecule has 0 unspecified atom stereocenters. The van der Waals surface area contributed by atoms with Crippen LogP contribution in [0.4, 0.5) is 0 Å². The molecule has 0 spiro atoms. The van der Waals surface area contributed by atoms with Gasteiger partial charge in [0.05, 0.1) is 12.6 Å². The second-order valence-electron chi connectivity index (χ2n) is 6.03. The summed E-state index contributed by atoms with van der Waals surface area (Å²) in [7, 11) is 1.94. The summed E-state index contributed by atoms with van der Waals surface area (Å²) in [5.41, 5.74) is 0. The topological polar surface area (TPSA) is 69.0 Å². The Kier molecular flexibility index (Phi) is 5.33. The van der Waals surface area contributed by atoms with E-state index in [0.717, 1.165) is 30.9 Å². The number of carbonyl (C=O) groups is 1. The van der Waals surface area contributed by atoms with Gasteiger partial charge in [0.15, 0.2) is 5.82 Å². The predicted molar refractivity (Wildman–Crippen MR) is 79.7 cm³/mol. The molecule has 0 bridgehead atoms. The van der Waals surface area contributed by atoms with Crippen LogP contribution in [0.15, 0.2) is 0 Å². The molecule has 118 valence electrons. The van der Waals surface area contributed by atoms with Gasteiger partial charge in [-0.1, -0.05) is 20.8 Å². The van der Waals surface area contributed by atoms with Gasteiger partial charge in [0.25, 0.3) is 0 Å². The number of hydrogen-bond acceptors (Lipinski definition) is 4. The normalized spacial score (nSPS) is 22.5. The fourth-order valence-corrected chi connectivity index (χ4v) is 2.75. The molecule has 1 aromatic heterocycles. The molecule has 1 N–H and O–H groups in total. The van der Waals surface area contributed by atoms with Crippen LogP contribution >= 0.6 is 0 Å². The van der Waals surface area contributed by atoms with E-state index in [0.29, 0.717) is 19.1 Å². The van der Waals surface area contributed by atoms with Gasteiger partial charge in [-0.05, 0) is 19.3 Å². The molecule has 2 atom stereocenters. The summed E-state index contributed by atoms with van der Waals surface area (Å²) in [4.78, 5) is 12.3. The van der Waals surface area contributed by atoms with E-state index in [1.165, 1.54) is 0 Å². The largest absolute Gasteiger partial charge is 0.378 e. The van der Waals surface area contributed by atoms with E-state index in [1.54, 1.807) is 0 Å². The van der Waals surface area contributed by atoms with Crippen LogP contribution in [0.1, 0.15) is 57.6 Å². The van der Waals surface area contributed by atoms with Crippen LogP contribution < -0.4 is 5.32 Å². The van der Waals surface area contributed by atoms with Crippen molar-refractivity contribution >= 4 is 5.91 Å². The Morgan fingerprint density at radius 2 is 2.24 bits per heavy atom. The molecule has 1 amide bonds. The second kappa shape index (κ2) is 7.02. The lowest BCUT2D eigenvalue weighted by Gasteiger charge is -2.28. The maximum atomic E-state index is 12.3. The average molecular weight is 294 g/mol. The maximum absolute atomic E-state index is 12.3. The van der Waals surface area contributed by atoms with E-state index in [-0.39, 0.29) is 17.9 Å². The van der Waals surface area contributed by atoms with Crippen molar-refractivity contribution in [2.24, 2.45) is 13.0 Å². The van der Waals surface area contributed by atoms with Gasteiger partial charge in [-0.15, -0.1) is 10.2 Å². The van der Waals surface area contributed by atoms with Gasteiger partial charge in [0.2, 0.25) is 5.91 Å². The number of hydrogen-bond donors (Lipinski definition) is 1. The Morgan fingerprint density at radius 3 is 2.86 bits per heavy atom. The van der Waals surface area contributed by atoms with Crippen molar-refractivity contribution in [3.8, 4) is 0 Å². The minimum absolute atomic E-state index is 0.0569. The van der Waals surface area contributed by atoms with Crippen molar-refractivity contribution in [1.29, 1.82) is 0 Å². The molecule has 1 aliphatic heterocycles. The highest BCUT2D eigenvalue weighted by molar-refractivity contribution is 5.78. The second-order valence-corrected chi connectivity index (χ2v) is 6.03. The molecule has 6 heteroatoms. The van der Waals surface area contributed by atoms with Crippen molar-refractivity contribution in [3.63, 3.8) is 0 Å². The third-order valence-corrected chi connectivity index (χ3v) is 4.13. The molecule has 6 nitrogen and oxygen atoms in total. The average Bonchev–Trinajstić information content (AvgIpc) is 2.86. The lowest BCUT2D eigenvalue weighted by molar-refractivity contribution is -0.130. The van der Waals surface area contributed by atoms with Crippen LogP contribution in [0.3, 0.4) is 0 Å². The lowest BCUT2D eigenvalue weighted by atomic mass is 9.93. The van der Waals surface area contributed by atoms with Gasteiger partial charge in [-0.3, -0.25) is 4.79 Å². The summed E-state index contributed by atoms with van der Waals surface area (Å²) in [5.74, 6) is 2.22. The van der Waals surface area contributed by atoms with E-state index in [2.05, 4.69) is 36.3 Å². The van der Waals surface area contributed by atoms with Gasteiger partial charge in [0.1, 0.15) is 5.82 Å². The highest BCUT2D eigenvalue weighted by atomic mass is 16.5. The van der Waals surface area contributed by atoms with Crippen molar-refractivity contribution in [2.45, 2.75) is 58.6 Å². The van der Waals surface area contributed by atoms with Crippen molar-refractivity contribution in [3.05, 3.63) is 11.6 Å². The Labute approximate surface area is 126 Å². The summed E-state index contributed by atoms with van der Waals surface area (Å²) in [5, 5.41) is 11.3. The third kappa shape index (κ3) is 3.81. The number of aromatic nitrogens is 3. The van der Waals surface area contributed by atoms with Crippen molar-refractivity contribution < 1.29 is 9.53 Å². The van der Waals surface area contributed by atoms with Crippen molar-refractivity contribution in [2.75, 3.05) is 6.61 Å². The number of nitrogens with zero attached hydrogens (tertiary/aromatic N) is 3. The number of nitrogens with one attached hydrogen (secondary N) is 1. The molecule has 0 aromatic carbocycles. The SMILES string of the molecule is CC[C@@H]1C[C@H](C(=O)NCc2nnc(C(C)C)n2C)CCO1. The first-order chi connectivity index (χ1) is 10.0. The zero-order chi connectivity index (χ0) is 15.4. The Balaban J connectivity index is 1.89. The third-order valence-electron chi connectivity index (χ3n) is 4.13. The fourth-order valence-electron chi connectivity index (χ4n) is 2.75. The predicted octanol–water partition coefficient (Wildman–Crippen LogP) is 1.76. The molecule has 0 aliphatic carbocycles. The summed E-state index contributed by atoms with van der Waals surface area (Å²) in [6, 6.07) is 0. The molecule has 1 saturated heterocycles. The minimum atomic E-state index is 0.0569. The monoisotopic (exact) mass is 294 g/mol.